The summed E-state index contributed by atoms with van der Waals surface area (Å²) in [6.07, 6.45) is 5.13. The summed E-state index contributed by atoms with van der Waals surface area (Å²) < 4.78 is 18.6. The highest BCUT2D eigenvalue weighted by molar-refractivity contribution is 14.0. The third-order valence-corrected chi connectivity index (χ3v) is 6.60. The average Bonchev–Trinajstić information content (AvgIpc) is 3.25. The van der Waals surface area contributed by atoms with Crippen LogP contribution in [0, 0.1) is 6.92 Å². The molecule has 0 bridgehead atoms. The first-order valence-corrected chi connectivity index (χ1v) is 12.2. The third kappa shape index (κ3) is 8.80. The van der Waals surface area contributed by atoms with Crippen LogP contribution in [-0.2, 0) is 23.1 Å². The molecule has 0 aliphatic heterocycles. The molecule has 31 heavy (non-hydrogen) atoms. The molecule has 2 N–H and O–H groups in total. The normalized spacial score (nSPS) is 15.2. The Labute approximate surface area is 205 Å². The molecule has 1 atom stereocenters. The molecule has 5 nitrogen and oxygen atoms in total. The van der Waals surface area contributed by atoms with Gasteiger partial charge in [0.25, 0.3) is 0 Å². The predicted octanol–water partition coefficient (Wildman–Crippen LogP) is 4.55. The second-order valence-electron chi connectivity index (χ2n) is 7.76. The first kappa shape index (κ1) is 25.6. The van der Waals surface area contributed by atoms with Gasteiger partial charge in [-0.2, -0.15) is 0 Å². The largest absolute Gasteiger partial charge is 0.490 e. The summed E-state index contributed by atoms with van der Waals surface area (Å²) in [4.78, 5) is 4.29. The number of nitrogens with zero attached hydrogens (tertiary/aromatic N) is 1. The quantitative estimate of drug-likeness (QED) is 0.271. The topological polar surface area (TPSA) is 62.7 Å². The number of aryl methyl sites for hydroxylation is 1. The summed E-state index contributed by atoms with van der Waals surface area (Å²) in [6.45, 7) is 3.34. The van der Waals surface area contributed by atoms with Gasteiger partial charge in [-0.15, -0.1) is 24.0 Å². The van der Waals surface area contributed by atoms with Gasteiger partial charge in [-0.3, -0.25) is 9.20 Å². The van der Waals surface area contributed by atoms with Crippen molar-refractivity contribution in [2.45, 2.75) is 51.0 Å². The maximum absolute atomic E-state index is 12.3. The van der Waals surface area contributed by atoms with Crippen molar-refractivity contribution in [2.24, 2.45) is 4.99 Å². The number of nitrogens with one attached hydrogen (secondary N) is 2. The summed E-state index contributed by atoms with van der Waals surface area (Å²) in [7, 11) is 0.847. The molecule has 1 fully saturated rings. The Balaban J connectivity index is 0.00000341. The van der Waals surface area contributed by atoms with E-state index in [1.807, 2.05) is 30.3 Å². The molecule has 0 spiro atoms. The van der Waals surface area contributed by atoms with E-state index in [0.717, 1.165) is 29.7 Å². The highest BCUT2D eigenvalue weighted by Gasteiger charge is 2.18. The van der Waals surface area contributed by atoms with Crippen molar-refractivity contribution in [3.05, 3.63) is 65.2 Å². The maximum Gasteiger partial charge on any atom is 0.191 e. The van der Waals surface area contributed by atoms with E-state index in [0.29, 0.717) is 36.7 Å². The van der Waals surface area contributed by atoms with E-state index in [1.54, 1.807) is 7.05 Å². The Hall–Kier alpha value is -1.61. The lowest BCUT2D eigenvalue weighted by Crippen LogP contribution is -2.38. The summed E-state index contributed by atoms with van der Waals surface area (Å²) in [6, 6.07) is 16.3. The van der Waals surface area contributed by atoms with E-state index in [4.69, 9.17) is 4.74 Å². The van der Waals surface area contributed by atoms with Gasteiger partial charge in [0.2, 0.25) is 0 Å². The van der Waals surface area contributed by atoms with Crippen LogP contribution in [0.2, 0.25) is 0 Å². The molecule has 170 valence electrons. The molecular weight excluding hydrogens is 521 g/mol. The zero-order valence-electron chi connectivity index (χ0n) is 18.4. The van der Waals surface area contributed by atoms with Crippen molar-refractivity contribution in [3.63, 3.8) is 0 Å². The number of ether oxygens (including phenoxy) is 1. The summed E-state index contributed by atoms with van der Waals surface area (Å²) >= 11 is 0. The van der Waals surface area contributed by atoms with Gasteiger partial charge < -0.3 is 15.4 Å². The van der Waals surface area contributed by atoms with Crippen LogP contribution in [-0.4, -0.2) is 35.6 Å². The Kier molecular flexibility index (Phi) is 11.4. The van der Waals surface area contributed by atoms with E-state index in [2.05, 4.69) is 40.7 Å². The molecule has 3 rings (SSSR count). The molecular formula is C24H34IN3O2S. The van der Waals surface area contributed by atoms with Crippen molar-refractivity contribution < 1.29 is 8.95 Å². The average molecular weight is 556 g/mol. The smallest absolute Gasteiger partial charge is 0.191 e. The molecule has 0 radical (unpaired) electrons. The Morgan fingerprint density at radius 2 is 1.87 bits per heavy atom. The molecule has 1 aliphatic carbocycles. The number of rotatable bonds is 9. The van der Waals surface area contributed by atoms with Crippen LogP contribution < -0.4 is 15.4 Å². The van der Waals surface area contributed by atoms with Crippen molar-refractivity contribution in [1.82, 2.24) is 10.6 Å². The summed E-state index contributed by atoms with van der Waals surface area (Å²) in [5, 5.41) is 6.62. The SMILES string of the molecule is CN=C(NCCS(=O)Cc1ccccc1)NCc1ccc(C)cc1OC1CCCC1.I. The van der Waals surface area contributed by atoms with E-state index >= 15 is 0 Å². The van der Waals surface area contributed by atoms with Crippen LogP contribution in [0.1, 0.15) is 42.4 Å². The Bertz CT molecular complexity index is 855. The highest BCUT2D eigenvalue weighted by atomic mass is 127. The molecule has 0 heterocycles. The van der Waals surface area contributed by atoms with Crippen LogP contribution in [0.5, 0.6) is 5.75 Å². The fourth-order valence-corrected chi connectivity index (χ4v) is 4.66. The molecule has 2 aromatic rings. The maximum atomic E-state index is 12.3. The number of benzene rings is 2. The van der Waals surface area contributed by atoms with Gasteiger partial charge in [-0.1, -0.05) is 42.5 Å². The van der Waals surface area contributed by atoms with Crippen LogP contribution in [0.4, 0.5) is 0 Å². The minimum atomic E-state index is -0.904. The molecule has 0 saturated heterocycles. The van der Waals surface area contributed by atoms with Crippen LogP contribution in [0.25, 0.3) is 0 Å². The van der Waals surface area contributed by atoms with Gasteiger partial charge in [0.05, 0.1) is 6.10 Å². The highest BCUT2D eigenvalue weighted by Crippen LogP contribution is 2.27. The zero-order valence-corrected chi connectivity index (χ0v) is 21.6. The lowest BCUT2D eigenvalue weighted by atomic mass is 10.1. The summed E-state index contributed by atoms with van der Waals surface area (Å²) in [5.41, 5.74) is 3.44. The van der Waals surface area contributed by atoms with Crippen molar-refractivity contribution >= 4 is 40.7 Å². The molecule has 0 aromatic heterocycles. The number of hydrogen-bond acceptors (Lipinski definition) is 3. The fraction of sp³-hybridized carbons (Fsp3) is 0.458. The second kappa shape index (κ2) is 13.7. The van der Waals surface area contributed by atoms with E-state index in [1.165, 1.54) is 18.4 Å². The van der Waals surface area contributed by atoms with Crippen molar-refractivity contribution in [1.29, 1.82) is 0 Å². The zero-order chi connectivity index (χ0) is 21.2. The van der Waals surface area contributed by atoms with Gasteiger partial charge in [-0.05, 0) is 49.8 Å². The minimum absolute atomic E-state index is 0. The van der Waals surface area contributed by atoms with Crippen molar-refractivity contribution in [3.8, 4) is 5.75 Å². The van der Waals surface area contributed by atoms with Crippen LogP contribution in [0.3, 0.4) is 0 Å². The molecule has 1 saturated carbocycles. The molecule has 0 amide bonds. The molecule has 1 aliphatic rings. The Morgan fingerprint density at radius 3 is 2.58 bits per heavy atom. The first-order chi connectivity index (χ1) is 14.6. The number of halogens is 1. The molecule has 7 heteroatoms. The van der Waals surface area contributed by atoms with Crippen LogP contribution >= 0.6 is 24.0 Å². The van der Waals surface area contributed by atoms with E-state index in [-0.39, 0.29) is 24.0 Å². The van der Waals surface area contributed by atoms with Crippen molar-refractivity contribution in [2.75, 3.05) is 19.3 Å². The van der Waals surface area contributed by atoms with E-state index in [9.17, 15) is 4.21 Å². The lowest BCUT2D eigenvalue weighted by Gasteiger charge is -2.18. The van der Waals surface area contributed by atoms with Gasteiger partial charge in [0, 0.05) is 48.0 Å². The van der Waals surface area contributed by atoms with Gasteiger partial charge in [0.15, 0.2) is 5.96 Å². The van der Waals surface area contributed by atoms with Crippen LogP contribution in [0.15, 0.2) is 53.5 Å². The second-order valence-corrected chi connectivity index (χ2v) is 9.34. The molecule has 2 aromatic carbocycles. The standard InChI is InChI=1S/C24H33N3O2S.HI/c1-19-12-13-21(23(16-19)29-22-10-6-7-11-22)17-27-24(25-2)26-14-15-30(28)18-20-8-4-3-5-9-20;/h3-5,8-9,12-13,16,22H,6-7,10-11,14-15,17-18H2,1-2H3,(H2,25,26,27);1H. The number of guanidine groups is 1. The molecule has 1 unspecified atom stereocenters. The number of hydrogen-bond donors (Lipinski definition) is 2. The monoisotopic (exact) mass is 555 g/mol. The minimum Gasteiger partial charge on any atom is -0.490 e. The fourth-order valence-electron chi connectivity index (χ4n) is 3.62. The van der Waals surface area contributed by atoms with Gasteiger partial charge in [0.1, 0.15) is 5.75 Å². The predicted molar refractivity (Wildman–Crippen MR) is 141 cm³/mol. The van der Waals surface area contributed by atoms with Gasteiger partial charge >= 0.3 is 0 Å². The van der Waals surface area contributed by atoms with E-state index < -0.39 is 10.8 Å². The van der Waals surface area contributed by atoms with Gasteiger partial charge in [-0.25, -0.2) is 0 Å². The summed E-state index contributed by atoms with van der Waals surface area (Å²) in [5.74, 6) is 2.84. The lowest BCUT2D eigenvalue weighted by molar-refractivity contribution is 0.207. The Morgan fingerprint density at radius 1 is 1.13 bits per heavy atom. The first-order valence-electron chi connectivity index (χ1n) is 10.7. The number of aliphatic imine (C=N–C) groups is 1. The third-order valence-electron chi connectivity index (χ3n) is 5.28.